The minimum atomic E-state index is 0.836. The minimum absolute atomic E-state index is 0.836. The normalized spacial score (nSPS) is 10.9. The van der Waals surface area contributed by atoms with Crippen LogP contribution in [0.5, 0.6) is 0 Å². The van der Waals surface area contributed by atoms with Gasteiger partial charge in [-0.25, -0.2) is 0 Å². The van der Waals surface area contributed by atoms with E-state index in [1.165, 1.54) is 10.9 Å². The number of aromatic amines is 1. The molecule has 0 aliphatic carbocycles. The third kappa shape index (κ3) is 1.56. The maximum Gasteiger partial charge on any atom is 0.0502 e. The van der Waals surface area contributed by atoms with E-state index in [4.69, 9.17) is 11.6 Å². The fraction of sp³-hybridized carbons (Fsp3) is 0.200. The second kappa shape index (κ2) is 3.64. The highest BCUT2D eigenvalue weighted by molar-refractivity contribution is 7.97. The number of fused-ring (bicyclic) bond motifs is 1. The van der Waals surface area contributed by atoms with Gasteiger partial charge in [0.1, 0.15) is 0 Å². The maximum atomic E-state index is 6.11. The fourth-order valence-corrected chi connectivity index (χ4v) is 2.31. The van der Waals surface area contributed by atoms with Gasteiger partial charge >= 0.3 is 0 Å². The number of H-pyrrole nitrogens is 1. The Labute approximate surface area is 86.5 Å². The molecular formula is C10H10ClNS. The maximum absolute atomic E-state index is 6.11. The summed E-state index contributed by atoms with van der Waals surface area (Å²) in [5.74, 6) is 1.00. The molecule has 13 heavy (non-hydrogen) atoms. The summed E-state index contributed by atoms with van der Waals surface area (Å²) in [6.07, 6.45) is 4.13. The largest absolute Gasteiger partial charge is 0.361 e. The molecule has 0 aliphatic rings. The molecule has 3 heteroatoms. The van der Waals surface area contributed by atoms with Crippen LogP contribution in [0.15, 0.2) is 24.4 Å². The topological polar surface area (TPSA) is 15.8 Å². The molecule has 2 aromatic rings. The van der Waals surface area contributed by atoms with Crippen LogP contribution in [0.4, 0.5) is 0 Å². The van der Waals surface area contributed by atoms with Crippen LogP contribution in [-0.4, -0.2) is 11.2 Å². The Morgan fingerprint density at radius 2 is 2.31 bits per heavy atom. The number of rotatable bonds is 2. The lowest BCUT2D eigenvalue weighted by molar-refractivity contribution is 1.40. The first-order valence-electron chi connectivity index (χ1n) is 4.06. The van der Waals surface area contributed by atoms with E-state index in [2.05, 4.69) is 11.2 Å². The van der Waals surface area contributed by atoms with E-state index in [0.717, 1.165) is 16.3 Å². The lowest BCUT2D eigenvalue weighted by atomic mass is 10.2. The fourth-order valence-electron chi connectivity index (χ4n) is 1.48. The number of aromatic nitrogens is 1. The summed E-state index contributed by atoms with van der Waals surface area (Å²) in [7, 11) is 0. The number of halogens is 1. The van der Waals surface area contributed by atoms with Gasteiger partial charge in [-0.1, -0.05) is 17.7 Å². The van der Waals surface area contributed by atoms with Gasteiger partial charge in [-0.2, -0.15) is 11.8 Å². The van der Waals surface area contributed by atoms with Gasteiger partial charge in [0.05, 0.1) is 5.02 Å². The molecule has 68 valence electrons. The van der Waals surface area contributed by atoms with Crippen LogP contribution in [0.25, 0.3) is 10.9 Å². The first-order chi connectivity index (χ1) is 6.33. The summed E-state index contributed by atoms with van der Waals surface area (Å²) in [4.78, 5) is 3.22. The van der Waals surface area contributed by atoms with Gasteiger partial charge in [0.25, 0.3) is 0 Å². The van der Waals surface area contributed by atoms with Crippen LogP contribution < -0.4 is 0 Å². The lowest BCUT2D eigenvalue weighted by Gasteiger charge is -1.97. The molecule has 0 saturated carbocycles. The zero-order chi connectivity index (χ0) is 9.26. The standard InChI is InChI=1S/C10H10ClNS/c1-13-6-7-5-12-9-4-2-3-8(11)10(7)9/h2-5,12H,6H2,1H3. The van der Waals surface area contributed by atoms with Crippen molar-refractivity contribution >= 4 is 34.3 Å². The summed E-state index contributed by atoms with van der Waals surface area (Å²) >= 11 is 7.91. The van der Waals surface area contributed by atoms with Crippen LogP contribution >= 0.6 is 23.4 Å². The summed E-state index contributed by atoms with van der Waals surface area (Å²) in [5, 5.41) is 2.00. The molecule has 1 N–H and O–H groups in total. The SMILES string of the molecule is CSCc1c[nH]c2cccc(Cl)c12. The molecule has 0 aliphatic heterocycles. The first-order valence-corrected chi connectivity index (χ1v) is 5.83. The van der Waals surface area contributed by atoms with Crippen molar-refractivity contribution in [3.05, 3.63) is 35.0 Å². The van der Waals surface area contributed by atoms with Crippen molar-refractivity contribution in [1.82, 2.24) is 4.98 Å². The van der Waals surface area contributed by atoms with Crippen molar-refractivity contribution in [2.45, 2.75) is 5.75 Å². The Morgan fingerprint density at radius 1 is 1.46 bits per heavy atom. The predicted molar refractivity (Wildman–Crippen MR) is 60.5 cm³/mol. The van der Waals surface area contributed by atoms with Gasteiger partial charge in [-0.15, -0.1) is 0 Å². The van der Waals surface area contributed by atoms with E-state index < -0.39 is 0 Å². The predicted octanol–water partition coefficient (Wildman–Crippen LogP) is 3.68. The monoisotopic (exact) mass is 211 g/mol. The number of hydrogen-bond acceptors (Lipinski definition) is 1. The van der Waals surface area contributed by atoms with Crippen LogP contribution in [-0.2, 0) is 5.75 Å². The Kier molecular flexibility index (Phi) is 2.51. The van der Waals surface area contributed by atoms with Crippen LogP contribution in [0, 0.1) is 0 Å². The highest BCUT2D eigenvalue weighted by Crippen LogP contribution is 2.28. The Bertz CT molecular complexity index is 422. The molecule has 1 aromatic heterocycles. The van der Waals surface area contributed by atoms with Crippen molar-refractivity contribution in [1.29, 1.82) is 0 Å². The summed E-state index contributed by atoms with van der Waals surface area (Å²) in [5.41, 5.74) is 2.41. The van der Waals surface area contributed by atoms with Crippen molar-refractivity contribution in [2.24, 2.45) is 0 Å². The van der Waals surface area contributed by atoms with Gasteiger partial charge in [-0.3, -0.25) is 0 Å². The number of thioether (sulfide) groups is 1. The molecule has 2 rings (SSSR count). The molecular weight excluding hydrogens is 202 g/mol. The molecule has 1 heterocycles. The molecule has 0 atom stereocenters. The lowest BCUT2D eigenvalue weighted by Crippen LogP contribution is -1.76. The Balaban J connectivity index is 2.64. The van der Waals surface area contributed by atoms with E-state index in [-0.39, 0.29) is 0 Å². The molecule has 0 fully saturated rings. The molecule has 1 nitrogen and oxygen atoms in total. The molecule has 0 radical (unpaired) electrons. The Morgan fingerprint density at radius 3 is 3.08 bits per heavy atom. The number of benzene rings is 1. The molecule has 1 aromatic carbocycles. The van der Waals surface area contributed by atoms with E-state index >= 15 is 0 Å². The van der Waals surface area contributed by atoms with Crippen LogP contribution in [0.3, 0.4) is 0 Å². The van der Waals surface area contributed by atoms with E-state index in [1.807, 2.05) is 24.4 Å². The summed E-state index contributed by atoms with van der Waals surface area (Å²) in [6.45, 7) is 0. The van der Waals surface area contributed by atoms with Crippen LogP contribution in [0.1, 0.15) is 5.56 Å². The smallest absolute Gasteiger partial charge is 0.0502 e. The highest BCUT2D eigenvalue weighted by atomic mass is 35.5. The minimum Gasteiger partial charge on any atom is -0.361 e. The summed E-state index contributed by atoms with van der Waals surface area (Å²) in [6, 6.07) is 5.94. The second-order valence-electron chi connectivity index (χ2n) is 2.91. The zero-order valence-electron chi connectivity index (χ0n) is 7.30. The molecule has 0 amide bonds. The number of nitrogens with one attached hydrogen (secondary N) is 1. The summed E-state index contributed by atoms with van der Waals surface area (Å²) < 4.78 is 0. The van der Waals surface area contributed by atoms with Gasteiger partial charge in [-0.05, 0) is 24.0 Å². The zero-order valence-corrected chi connectivity index (χ0v) is 8.88. The molecule has 0 saturated heterocycles. The quantitative estimate of drug-likeness (QED) is 0.801. The highest BCUT2D eigenvalue weighted by Gasteiger charge is 2.05. The van der Waals surface area contributed by atoms with Gasteiger partial charge in [0.2, 0.25) is 0 Å². The average molecular weight is 212 g/mol. The van der Waals surface area contributed by atoms with Crippen LogP contribution in [0.2, 0.25) is 5.02 Å². The van der Waals surface area contributed by atoms with E-state index in [9.17, 15) is 0 Å². The van der Waals surface area contributed by atoms with E-state index in [1.54, 1.807) is 11.8 Å². The van der Waals surface area contributed by atoms with Crippen molar-refractivity contribution in [3.63, 3.8) is 0 Å². The molecule has 0 spiro atoms. The first kappa shape index (κ1) is 8.97. The third-order valence-electron chi connectivity index (χ3n) is 2.04. The molecule has 0 unspecified atom stereocenters. The van der Waals surface area contributed by atoms with Crippen molar-refractivity contribution < 1.29 is 0 Å². The van der Waals surface area contributed by atoms with E-state index in [0.29, 0.717) is 0 Å². The van der Waals surface area contributed by atoms with Gasteiger partial charge in [0, 0.05) is 22.9 Å². The Hall–Kier alpha value is -0.600. The van der Waals surface area contributed by atoms with Crippen molar-refractivity contribution in [3.8, 4) is 0 Å². The number of hydrogen-bond donors (Lipinski definition) is 1. The van der Waals surface area contributed by atoms with Crippen molar-refractivity contribution in [2.75, 3.05) is 6.26 Å². The van der Waals surface area contributed by atoms with Gasteiger partial charge < -0.3 is 4.98 Å². The second-order valence-corrected chi connectivity index (χ2v) is 4.18. The van der Waals surface area contributed by atoms with Gasteiger partial charge in [0.15, 0.2) is 0 Å². The average Bonchev–Trinajstić information content (AvgIpc) is 2.51. The molecule has 0 bridgehead atoms. The third-order valence-corrected chi connectivity index (χ3v) is 2.95.